The summed E-state index contributed by atoms with van der Waals surface area (Å²) >= 11 is 0. The zero-order valence-electron chi connectivity index (χ0n) is 8.25. The van der Waals surface area contributed by atoms with E-state index in [4.69, 9.17) is 10.8 Å². The smallest absolute Gasteiger partial charge is 0.405 e. The Bertz CT molecular complexity index is 196. The molecule has 6 heteroatoms. The quantitative estimate of drug-likeness (QED) is 0.437. The normalized spacial score (nSPS) is 11.9. The van der Waals surface area contributed by atoms with Gasteiger partial charge in [-0.25, -0.2) is 4.79 Å². The van der Waals surface area contributed by atoms with Crippen LogP contribution in [0.1, 0.15) is 19.3 Å². The molecule has 14 heavy (non-hydrogen) atoms. The van der Waals surface area contributed by atoms with Crippen molar-refractivity contribution < 1.29 is 14.7 Å². The molecule has 82 valence electrons. The summed E-state index contributed by atoms with van der Waals surface area (Å²) in [6.45, 7) is 0.549. The number of nitrogens with one attached hydrogen (secondary N) is 2. The molecule has 0 saturated carbocycles. The van der Waals surface area contributed by atoms with Gasteiger partial charge >= 0.3 is 6.09 Å². The summed E-state index contributed by atoms with van der Waals surface area (Å²) < 4.78 is 0. The molecule has 0 fully saturated rings. The van der Waals surface area contributed by atoms with Crippen molar-refractivity contribution in [2.45, 2.75) is 25.3 Å². The van der Waals surface area contributed by atoms with Crippen molar-refractivity contribution in [2.75, 3.05) is 13.6 Å². The molecule has 0 aliphatic rings. The highest BCUT2D eigenvalue weighted by atomic mass is 16.4. The van der Waals surface area contributed by atoms with Gasteiger partial charge in [0.15, 0.2) is 0 Å². The fraction of sp³-hybridized carbons (Fsp3) is 0.750. The molecule has 5 N–H and O–H groups in total. The Balaban J connectivity index is 3.97. The third-order valence-electron chi connectivity index (χ3n) is 1.81. The van der Waals surface area contributed by atoms with Gasteiger partial charge in [0.05, 0.1) is 0 Å². The van der Waals surface area contributed by atoms with Crippen LogP contribution in [-0.2, 0) is 4.79 Å². The van der Waals surface area contributed by atoms with E-state index < -0.39 is 12.1 Å². The van der Waals surface area contributed by atoms with Gasteiger partial charge < -0.3 is 21.5 Å². The van der Waals surface area contributed by atoms with Gasteiger partial charge in [-0.2, -0.15) is 0 Å². The minimum absolute atomic E-state index is 0.315. The number of unbranched alkanes of at least 4 members (excludes halogenated alkanes) is 1. The van der Waals surface area contributed by atoms with Crippen molar-refractivity contribution in [1.82, 2.24) is 10.6 Å². The van der Waals surface area contributed by atoms with E-state index in [0.717, 1.165) is 12.8 Å². The maximum Gasteiger partial charge on any atom is 0.405 e. The van der Waals surface area contributed by atoms with E-state index >= 15 is 0 Å². The first-order valence-electron chi connectivity index (χ1n) is 4.53. The number of carbonyl (C=O) groups excluding carboxylic acids is 1. The van der Waals surface area contributed by atoms with Gasteiger partial charge in [0.2, 0.25) is 5.91 Å². The second kappa shape index (κ2) is 7.14. The largest absolute Gasteiger partial charge is 0.465 e. The third-order valence-corrected chi connectivity index (χ3v) is 1.81. The van der Waals surface area contributed by atoms with E-state index in [1.807, 2.05) is 0 Å². The molecule has 0 spiro atoms. The van der Waals surface area contributed by atoms with Gasteiger partial charge in [-0.3, -0.25) is 4.79 Å². The molecule has 0 aromatic carbocycles. The summed E-state index contributed by atoms with van der Waals surface area (Å²) in [4.78, 5) is 21.5. The molecule has 2 amide bonds. The number of hydrogen-bond acceptors (Lipinski definition) is 3. The van der Waals surface area contributed by atoms with Crippen LogP contribution in [0.25, 0.3) is 0 Å². The van der Waals surface area contributed by atoms with Crippen LogP contribution < -0.4 is 16.4 Å². The predicted molar refractivity (Wildman–Crippen MR) is 51.9 cm³/mol. The molecule has 0 heterocycles. The third kappa shape index (κ3) is 5.36. The van der Waals surface area contributed by atoms with Crippen LogP contribution in [0.2, 0.25) is 0 Å². The highest BCUT2D eigenvalue weighted by Gasteiger charge is 2.18. The van der Waals surface area contributed by atoms with Crippen molar-refractivity contribution >= 4 is 12.0 Å². The van der Waals surface area contributed by atoms with Crippen molar-refractivity contribution in [1.29, 1.82) is 0 Å². The molecule has 0 aromatic heterocycles. The first-order valence-corrected chi connectivity index (χ1v) is 4.53. The zero-order chi connectivity index (χ0) is 11.0. The highest BCUT2D eigenvalue weighted by Crippen LogP contribution is 2.00. The second-order valence-corrected chi connectivity index (χ2v) is 2.90. The Morgan fingerprint density at radius 1 is 1.43 bits per heavy atom. The lowest BCUT2D eigenvalue weighted by Crippen LogP contribution is -2.45. The molecular weight excluding hydrogens is 186 g/mol. The number of likely N-dealkylation sites (N-methyl/N-ethyl adjacent to an activating group) is 1. The maximum atomic E-state index is 11.2. The summed E-state index contributed by atoms with van der Waals surface area (Å²) in [5.41, 5.74) is 5.29. The monoisotopic (exact) mass is 203 g/mol. The second-order valence-electron chi connectivity index (χ2n) is 2.90. The first-order chi connectivity index (χ1) is 6.61. The number of amides is 2. The van der Waals surface area contributed by atoms with Gasteiger partial charge in [0.1, 0.15) is 6.04 Å². The average molecular weight is 203 g/mol. The molecule has 0 rings (SSSR count). The topological polar surface area (TPSA) is 104 Å². The van der Waals surface area contributed by atoms with Crippen LogP contribution >= 0.6 is 0 Å². The summed E-state index contributed by atoms with van der Waals surface area (Å²) in [5.74, 6) is -0.315. The lowest BCUT2D eigenvalue weighted by molar-refractivity contribution is -0.122. The minimum atomic E-state index is -1.19. The van der Waals surface area contributed by atoms with Crippen LogP contribution in [0.5, 0.6) is 0 Å². The zero-order valence-corrected chi connectivity index (χ0v) is 8.25. The van der Waals surface area contributed by atoms with Gasteiger partial charge in [0, 0.05) is 7.05 Å². The van der Waals surface area contributed by atoms with E-state index in [0.29, 0.717) is 13.0 Å². The standard InChI is InChI=1S/C8H17N3O3/c1-10-7(12)6(11-8(13)14)4-2-3-5-9/h6,11H,2-5,9H2,1H3,(H,10,12)(H,13,14). The Morgan fingerprint density at radius 3 is 2.50 bits per heavy atom. The molecule has 6 nitrogen and oxygen atoms in total. The fourth-order valence-electron chi connectivity index (χ4n) is 1.08. The van der Waals surface area contributed by atoms with Gasteiger partial charge in [-0.1, -0.05) is 0 Å². The van der Waals surface area contributed by atoms with Crippen LogP contribution in [0, 0.1) is 0 Å². The Morgan fingerprint density at radius 2 is 2.07 bits per heavy atom. The van der Waals surface area contributed by atoms with Crippen LogP contribution in [0.15, 0.2) is 0 Å². The SMILES string of the molecule is CNC(=O)C(CCCCN)NC(=O)O. The molecule has 0 aliphatic heterocycles. The molecule has 0 aliphatic carbocycles. The van der Waals surface area contributed by atoms with Gasteiger partial charge in [-0.05, 0) is 25.8 Å². The van der Waals surface area contributed by atoms with Gasteiger partial charge in [-0.15, -0.1) is 0 Å². The predicted octanol–water partition coefficient (Wildman–Crippen LogP) is -0.502. The van der Waals surface area contributed by atoms with Crippen LogP contribution in [-0.4, -0.2) is 36.7 Å². The van der Waals surface area contributed by atoms with E-state index in [1.165, 1.54) is 7.05 Å². The molecule has 0 aromatic rings. The van der Waals surface area contributed by atoms with E-state index in [1.54, 1.807) is 0 Å². The van der Waals surface area contributed by atoms with E-state index in [9.17, 15) is 9.59 Å². The summed E-state index contributed by atoms with van der Waals surface area (Å²) in [7, 11) is 1.47. The number of carbonyl (C=O) groups is 2. The average Bonchev–Trinajstić information content (AvgIpc) is 2.15. The Kier molecular flexibility index (Phi) is 6.47. The number of nitrogens with two attached hydrogens (primary N) is 1. The van der Waals surface area contributed by atoms with Gasteiger partial charge in [0.25, 0.3) is 0 Å². The molecule has 0 bridgehead atoms. The highest BCUT2D eigenvalue weighted by molar-refractivity contribution is 5.84. The fourth-order valence-corrected chi connectivity index (χ4v) is 1.08. The maximum absolute atomic E-state index is 11.2. The lowest BCUT2D eigenvalue weighted by atomic mass is 10.1. The molecule has 0 saturated heterocycles. The number of carboxylic acid groups (broad SMARTS) is 1. The molecule has 0 radical (unpaired) electrons. The number of rotatable bonds is 6. The van der Waals surface area contributed by atoms with Crippen LogP contribution in [0.4, 0.5) is 4.79 Å². The van der Waals surface area contributed by atoms with Crippen molar-refractivity contribution in [3.8, 4) is 0 Å². The Labute approximate surface area is 82.9 Å². The summed E-state index contributed by atoms with van der Waals surface area (Å²) in [6, 6.07) is -0.677. The Hall–Kier alpha value is -1.30. The summed E-state index contributed by atoms with van der Waals surface area (Å²) in [6.07, 6.45) is 0.804. The van der Waals surface area contributed by atoms with Crippen molar-refractivity contribution in [3.05, 3.63) is 0 Å². The number of hydrogen-bond donors (Lipinski definition) is 4. The van der Waals surface area contributed by atoms with E-state index in [-0.39, 0.29) is 5.91 Å². The van der Waals surface area contributed by atoms with Crippen LogP contribution in [0.3, 0.4) is 0 Å². The summed E-state index contributed by atoms with van der Waals surface area (Å²) in [5, 5.41) is 13.0. The van der Waals surface area contributed by atoms with E-state index in [2.05, 4.69) is 10.6 Å². The minimum Gasteiger partial charge on any atom is -0.465 e. The van der Waals surface area contributed by atoms with Crippen molar-refractivity contribution in [3.63, 3.8) is 0 Å². The lowest BCUT2D eigenvalue weighted by Gasteiger charge is -2.14. The molecular formula is C8H17N3O3. The molecule has 1 atom stereocenters. The van der Waals surface area contributed by atoms with Crippen molar-refractivity contribution in [2.24, 2.45) is 5.73 Å². The molecule has 1 unspecified atom stereocenters. The first kappa shape index (κ1) is 12.7.